The van der Waals surface area contributed by atoms with Crippen molar-refractivity contribution in [3.8, 4) is 5.88 Å². The van der Waals surface area contributed by atoms with Crippen molar-refractivity contribution in [3.05, 3.63) is 61.8 Å². The molecule has 0 fully saturated rings. The van der Waals surface area contributed by atoms with Gasteiger partial charge in [0.1, 0.15) is 0 Å². The van der Waals surface area contributed by atoms with Crippen LogP contribution < -0.4 is 16.4 Å². The number of aromatic nitrogens is 2. The fraction of sp³-hybridized carbons (Fsp3) is 0.214. The van der Waals surface area contributed by atoms with E-state index in [4.69, 9.17) is 4.74 Å². The van der Waals surface area contributed by atoms with Crippen molar-refractivity contribution < 1.29 is 14.6 Å². The van der Waals surface area contributed by atoms with E-state index in [9.17, 15) is 19.5 Å². The maximum Gasteiger partial charge on any atom is 0.339 e. The van der Waals surface area contributed by atoms with Gasteiger partial charge < -0.3 is 14.4 Å². The molecule has 0 amide bonds. The SMILES string of the molecule is Cn1c([O-])c(C2OC(=O)c3ccccc32)c(=O)n(C)c1=O. The van der Waals surface area contributed by atoms with Crippen LogP contribution in [0.1, 0.15) is 27.6 Å². The third-order valence-corrected chi connectivity index (χ3v) is 3.59. The second-order valence-corrected chi connectivity index (χ2v) is 4.80. The smallest absolute Gasteiger partial charge is 0.339 e. The Hall–Kier alpha value is -2.83. The first-order valence-corrected chi connectivity index (χ1v) is 6.20. The van der Waals surface area contributed by atoms with Gasteiger partial charge in [-0.2, -0.15) is 0 Å². The Morgan fingerprint density at radius 1 is 1.10 bits per heavy atom. The molecule has 108 valence electrons. The number of nitrogens with zero attached hydrogens (tertiary/aromatic N) is 2. The fourth-order valence-electron chi connectivity index (χ4n) is 2.44. The molecule has 1 aromatic heterocycles. The largest absolute Gasteiger partial charge is 0.860 e. The molecule has 1 aromatic carbocycles. The lowest BCUT2D eigenvalue weighted by Gasteiger charge is -2.21. The van der Waals surface area contributed by atoms with Gasteiger partial charge in [0, 0.05) is 19.7 Å². The van der Waals surface area contributed by atoms with Crippen molar-refractivity contribution in [2.24, 2.45) is 14.1 Å². The number of ether oxygens (including phenoxy) is 1. The van der Waals surface area contributed by atoms with Gasteiger partial charge in [0.2, 0.25) is 0 Å². The predicted molar refractivity (Wildman–Crippen MR) is 70.1 cm³/mol. The van der Waals surface area contributed by atoms with Gasteiger partial charge in [-0.1, -0.05) is 18.2 Å². The second-order valence-electron chi connectivity index (χ2n) is 4.80. The molecule has 0 saturated carbocycles. The molecule has 0 saturated heterocycles. The van der Waals surface area contributed by atoms with Crippen molar-refractivity contribution in [2.75, 3.05) is 0 Å². The first-order chi connectivity index (χ1) is 9.93. The third-order valence-electron chi connectivity index (χ3n) is 3.59. The molecule has 0 spiro atoms. The number of carbonyl (C=O) groups excluding carboxylic acids is 1. The topological polar surface area (TPSA) is 93.4 Å². The minimum atomic E-state index is -1.08. The van der Waals surface area contributed by atoms with Crippen molar-refractivity contribution in [1.82, 2.24) is 9.13 Å². The van der Waals surface area contributed by atoms with E-state index in [1.54, 1.807) is 24.3 Å². The number of rotatable bonds is 1. The number of cyclic esters (lactones) is 1. The van der Waals surface area contributed by atoms with Crippen molar-refractivity contribution in [3.63, 3.8) is 0 Å². The van der Waals surface area contributed by atoms with Crippen LogP contribution >= 0.6 is 0 Å². The van der Waals surface area contributed by atoms with Crippen LogP contribution in [0.3, 0.4) is 0 Å². The lowest BCUT2D eigenvalue weighted by molar-refractivity contribution is -0.281. The quantitative estimate of drug-likeness (QED) is 0.654. The van der Waals surface area contributed by atoms with Crippen molar-refractivity contribution >= 4 is 5.97 Å². The summed E-state index contributed by atoms with van der Waals surface area (Å²) in [6, 6.07) is 6.54. The van der Waals surface area contributed by atoms with Crippen LogP contribution in [0.2, 0.25) is 0 Å². The van der Waals surface area contributed by atoms with Crippen LogP contribution in [0.25, 0.3) is 0 Å². The molecule has 1 aliphatic heterocycles. The zero-order chi connectivity index (χ0) is 15.3. The number of hydrogen-bond donors (Lipinski definition) is 0. The Bertz CT molecular complexity index is 878. The molecule has 7 heteroatoms. The summed E-state index contributed by atoms with van der Waals surface area (Å²) in [6.45, 7) is 0. The highest BCUT2D eigenvalue weighted by atomic mass is 16.5. The summed E-state index contributed by atoms with van der Waals surface area (Å²) in [5.41, 5.74) is -0.935. The van der Waals surface area contributed by atoms with Gasteiger partial charge >= 0.3 is 11.7 Å². The molecule has 0 aliphatic carbocycles. The van der Waals surface area contributed by atoms with Crippen LogP contribution in [0.5, 0.6) is 5.88 Å². The normalized spacial score (nSPS) is 16.7. The molecule has 2 heterocycles. The van der Waals surface area contributed by atoms with E-state index in [0.717, 1.165) is 9.13 Å². The molecule has 1 aliphatic rings. The van der Waals surface area contributed by atoms with Gasteiger partial charge in [-0.3, -0.25) is 9.36 Å². The first-order valence-electron chi connectivity index (χ1n) is 6.20. The van der Waals surface area contributed by atoms with E-state index < -0.39 is 29.2 Å². The minimum Gasteiger partial charge on any atom is -0.860 e. The summed E-state index contributed by atoms with van der Waals surface area (Å²) in [5, 5.41) is 12.2. The Balaban J connectivity index is 2.32. The highest BCUT2D eigenvalue weighted by Crippen LogP contribution is 2.36. The molecular weight excluding hydrogens is 276 g/mol. The fourth-order valence-corrected chi connectivity index (χ4v) is 2.44. The van der Waals surface area contributed by atoms with Gasteiger partial charge in [0.05, 0.1) is 11.1 Å². The first kappa shape index (κ1) is 13.2. The Morgan fingerprint density at radius 2 is 1.76 bits per heavy atom. The van der Waals surface area contributed by atoms with Gasteiger partial charge in [-0.15, -0.1) is 0 Å². The molecule has 2 aromatic rings. The maximum atomic E-state index is 12.2. The summed E-state index contributed by atoms with van der Waals surface area (Å²) in [4.78, 5) is 35.7. The third kappa shape index (κ3) is 1.70. The average molecular weight is 287 g/mol. The molecule has 0 bridgehead atoms. The summed E-state index contributed by atoms with van der Waals surface area (Å²) in [5.74, 6) is -1.34. The monoisotopic (exact) mass is 287 g/mol. The Morgan fingerprint density at radius 3 is 2.48 bits per heavy atom. The summed E-state index contributed by atoms with van der Waals surface area (Å²) < 4.78 is 6.81. The molecule has 0 N–H and O–H groups in total. The van der Waals surface area contributed by atoms with E-state index in [1.165, 1.54) is 14.1 Å². The van der Waals surface area contributed by atoms with Gasteiger partial charge in [0.15, 0.2) is 6.10 Å². The highest BCUT2D eigenvalue weighted by Gasteiger charge is 2.34. The zero-order valence-electron chi connectivity index (χ0n) is 11.3. The Kier molecular flexibility index (Phi) is 2.72. The van der Waals surface area contributed by atoms with E-state index in [1.807, 2.05) is 0 Å². The van der Waals surface area contributed by atoms with E-state index in [2.05, 4.69) is 0 Å². The lowest BCUT2D eigenvalue weighted by Crippen LogP contribution is -2.41. The number of hydrogen-bond acceptors (Lipinski definition) is 5. The molecule has 21 heavy (non-hydrogen) atoms. The van der Waals surface area contributed by atoms with Crippen LogP contribution in [0, 0.1) is 0 Å². The van der Waals surface area contributed by atoms with Crippen LogP contribution in [-0.2, 0) is 18.8 Å². The number of benzene rings is 1. The molecule has 1 unspecified atom stereocenters. The Labute approximate surface area is 118 Å². The van der Waals surface area contributed by atoms with Crippen molar-refractivity contribution in [1.29, 1.82) is 0 Å². The summed E-state index contributed by atoms with van der Waals surface area (Å²) in [6.07, 6.45) is -1.08. The number of esters is 1. The highest BCUT2D eigenvalue weighted by molar-refractivity contribution is 5.94. The standard InChI is InChI=1S/C14H12N2O5/c1-15-11(17)9(12(18)16(2)14(15)20)10-7-5-3-4-6-8(7)13(19)21-10/h3-6,10,17H,1-2H3/p-1. The van der Waals surface area contributed by atoms with Gasteiger partial charge in [-0.25, -0.2) is 9.59 Å². The zero-order valence-corrected chi connectivity index (χ0v) is 11.3. The van der Waals surface area contributed by atoms with E-state index in [-0.39, 0.29) is 5.56 Å². The van der Waals surface area contributed by atoms with E-state index in [0.29, 0.717) is 11.1 Å². The predicted octanol–water partition coefficient (Wildman–Crippen LogP) is -0.583. The van der Waals surface area contributed by atoms with Crippen molar-refractivity contribution in [2.45, 2.75) is 6.10 Å². The summed E-state index contributed by atoms with van der Waals surface area (Å²) >= 11 is 0. The molecule has 7 nitrogen and oxygen atoms in total. The van der Waals surface area contributed by atoms with Crippen LogP contribution in [0.15, 0.2) is 33.9 Å². The van der Waals surface area contributed by atoms with Gasteiger partial charge in [0.25, 0.3) is 5.56 Å². The molecule has 0 radical (unpaired) electrons. The summed E-state index contributed by atoms with van der Waals surface area (Å²) in [7, 11) is 2.55. The number of fused-ring (bicyclic) bond motifs is 1. The minimum absolute atomic E-state index is 0.238. The molecular formula is C14H11N2O5-. The number of carbonyl (C=O) groups is 1. The van der Waals surface area contributed by atoms with Crippen LogP contribution in [0.4, 0.5) is 0 Å². The second kappa shape index (κ2) is 4.34. The average Bonchev–Trinajstić information content (AvgIpc) is 2.81. The van der Waals surface area contributed by atoms with Crippen LogP contribution in [-0.4, -0.2) is 15.1 Å². The molecule has 1 atom stereocenters. The maximum absolute atomic E-state index is 12.2. The van der Waals surface area contributed by atoms with Gasteiger partial charge in [-0.05, 0) is 11.9 Å². The molecule has 3 rings (SSSR count). The lowest BCUT2D eigenvalue weighted by atomic mass is 10.0. The van der Waals surface area contributed by atoms with E-state index >= 15 is 0 Å².